The molecule has 0 atom stereocenters. The van der Waals surface area contributed by atoms with Gasteiger partial charge in [-0.3, -0.25) is 9.48 Å². The van der Waals surface area contributed by atoms with E-state index < -0.39 is 0 Å². The molecule has 0 saturated carbocycles. The minimum atomic E-state index is 0.0795. The van der Waals surface area contributed by atoms with E-state index in [2.05, 4.69) is 29.6 Å². The van der Waals surface area contributed by atoms with Gasteiger partial charge in [0.05, 0.1) is 12.1 Å². The van der Waals surface area contributed by atoms with Gasteiger partial charge < -0.3 is 10.6 Å². The monoisotopic (exact) mass is 250 g/mol. The summed E-state index contributed by atoms with van der Waals surface area (Å²) in [5.74, 6) is 0.0795. The fourth-order valence-electron chi connectivity index (χ4n) is 2.17. The van der Waals surface area contributed by atoms with Gasteiger partial charge in [0.2, 0.25) is 5.91 Å². The molecule has 0 unspecified atom stereocenters. The standard InChI is InChI=1S/C13H22N4O/c1-10(2)17-8-5-12(16-17)9-13(18)15-11-3-6-14-7-4-11/h5,8,10-11,14H,3-4,6-7,9H2,1-2H3,(H,15,18). The molecule has 0 radical (unpaired) electrons. The number of nitrogens with one attached hydrogen (secondary N) is 2. The number of hydrogen-bond acceptors (Lipinski definition) is 3. The van der Waals surface area contributed by atoms with Crippen LogP contribution in [0.3, 0.4) is 0 Å². The number of aromatic nitrogens is 2. The molecular weight excluding hydrogens is 228 g/mol. The third-order valence-electron chi connectivity index (χ3n) is 3.24. The first-order valence-electron chi connectivity index (χ1n) is 6.69. The zero-order chi connectivity index (χ0) is 13.0. The molecule has 18 heavy (non-hydrogen) atoms. The molecule has 100 valence electrons. The molecular formula is C13H22N4O. The molecule has 1 fully saturated rings. The molecule has 0 bridgehead atoms. The summed E-state index contributed by atoms with van der Waals surface area (Å²) in [5, 5.41) is 10.8. The molecule has 1 aromatic rings. The van der Waals surface area contributed by atoms with Gasteiger partial charge in [-0.2, -0.15) is 5.10 Å². The number of carbonyl (C=O) groups excluding carboxylic acids is 1. The number of piperidine rings is 1. The quantitative estimate of drug-likeness (QED) is 0.834. The van der Waals surface area contributed by atoms with Crippen molar-refractivity contribution in [2.75, 3.05) is 13.1 Å². The summed E-state index contributed by atoms with van der Waals surface area (Å²) in [5.41, 5.74) is 0.843. The molecule has 5 heteroatoms. The molecule has 1 aromatic heterocycles. The van der Waals surface area contributed by atoms with Crippen molar-refractivity contribution in [2.24, 2.45) is 0 Å². The summed E-state index contributed by atoms with van der Waals surface area (Å²) in [7, 11) is 0. The molecule has 2 N–H and O–H groups in total. The Bertz CT molecular complexity index is 393. The topological polar surface area (TPSA) is 59.0 Å². The highest BCUT2D eigenvalue weighted by Crippen LogP contribution is 2.06. The van der Waals surface area contributed by atoms with E-state index in [1.54, 1.807) is 0 Å². The van der Waals surface area contributed by atoms with Crippen molar-refractivity contribution in [1.82, 2.24) is 20.4 Å². The van der Waals surface area contributed by atoms with Crippen LogP contribution in [0.4, 0.5) is 0 Å². The minimum Gasteiger partial charge on any atom is -0.353 e. The first kappa shape index (κ1) is 13.1. The van der Waals surface area contributed by atoms with E-state index in [0.717, 1.165) is 31.6 Å². The molecule has 0 aliphatic carbocycles. The van der Waals surface area contributed by atoms with Crippen molar-refractivity contribution in [3.05, 3.63) is 18.0 Å². The SMILES string of the molecule is CC(C)n1ccc(CC(=O)NC2CCNCC2)n1. The van der Waals surface area contributed by atoms with Crippen molar-refractivity contribution in [1.29, 1.82) is 0 Å². The van der Waals surface area contributed by atoms with Gasteiger partial charge in [-0.1, -0.05) is 0 Å². The highest BCUT2D eigenvalue weighted by molar-refractivity contribution is 5.78. The van der Waals surface area contributed by atoms with Gasteiger partial charge in [0.25, 0.3) is 0 Å². The minimum absolute atomic E-state index is 0.0795. The maximum atomic E-state index is 11.9. The molecule has 0 spiro atoms. The van der Waals surface area contributed by atoms with Crippen LogP contribution >= 0.6 is 0 Å². The van der Waals surface area contributed by atoms with Crippen LogP contribution in [0, 0.1) is 0 Å². The molecule has 5 nitrogen and oxygen atoms in total. The fourth-order valence-corrected chi connectivity index (χ4v) is 2.17. The Balaban J connectivity index is 1.82. The van der Waals surface area contributed by atoms with Crippen molar-refractivity contribution in [3.8, 4) is 0 Å². The summed E-state index contributed by atoms with van der Waals surface area (Å²) < 4.78 is 1.88. The predicted octanol–water partition coefficient (Wildman–Crippen LogP) is 0.875. The van der Waals surface area contributed by atoms with Crippen LogP contribution in [0.25, 0.3) is 0 Å². The Morgan fingerprint density at radius 3 is 2.89 bits per heavy atom. The van der Waals surface area contributed by atoms with Crippen LogP contribution < -0.4 is 10.6 Å². The number of carbonyl (C=O) groups is 1. The van der Waals surface area contributed by atoms with Crippen LogP contribution in [0.5, 0.6) is 0 Å². The lowest BCUT2D eigenvalue weighted by Crippen LogP contribution is -2.43. The van der Waals surface area contributed by atoms with Crippen LogP contribution in [0.2, 0.25) is 0 Å². The number of nitrogens with zero attached hydrogens (tertiary/aromatic N) is 2. The van der Waals surface area contributed by atoms with E-state index in [4.69, 9.17) is 0 Å². The van der Waals surface area contributed by atoms with E-state index in [-0.39, 0.29) is 5.91 Å². The maximum absolute atomic E-state index is 11.9. The van der Waals surface area contributed by atoms with Crippen molar-refractivity contribution < 1.29 is 4.79 Å². The van der Waals surface area contributed by atoms with E-state index in [1.165, 1.54) is 0 Å². The predicted molar refractivity (Wildman–Crippen MR) is 70.4 cm³/mol. The van der Waals surface area contributed by atoms with Crippen LogP contribution in [0.1, 0.15) is 38.4 Å². The van der Waals surface area contributed by atoms with Gasteiger partial charge >= 0.3 is 0 Å². The highest BCUT2D eigenvalue weighted by Gasteiger charge is 2.16. The Hall–Kier alpha value is -1.36. The lowest BCUT2D eigenvalue weighted by atomic mass is 10.1. The van der Waals surface area contributed by atoms with Crippen LogP contribution in [-0.4, -0.2) is 34.8 Å². The Morgan fingerprint density at radius 1 is 1.56 bits per heavy atom. The molecule has 1 aliphatic rings. The summed E-state index contributed by atoms with van der Waals surface area (Å²) in [6.07, 6.45) is 4.35. The fraction of sp³-hybridized carbons (Fsp3) is 0.692. The molecule has 2 heterocycles. The average molecular weight is 250 g/mol. The summed E-state index contributed by atoms with van der Waals surface area (Å²) >= 11 is 0. The number of amides is 1. The highest BCUT2D eigenvalue weighted by atomic mass is 16.1. The second-order valence-corrected chi connectivity index (χ2v) is 5.15. The molecule has 0 aromatic carbocycles. The summed E-state index contributed by atoms with van der Waals surface area (Å²) in [4.78, 5) is 11.9. The van der Waals surface area contributed by atoms with Gasteiger partial charge in [-0.05, 0) is 45.8 Å². The smallest absolute Gasteiger partial charge is 0.226 e. The first-order chi connectivity index (χ1) is 8.65. The molecule has 2 rings (SSSR count). The lowest BCUT2D eigenvalue weighted by molar-refractivity contribution is -0.121. The van der Waals surface area contributed by atoms with E-state index in [0.29, 0.717) is 18.5 Å². The van der Waals surface area contributed by atoms with Gasteiger partial charge in [0.15, 0.2) is 0 Å². The van der Waals surface area contributed by atoms with Crippen molar-refractivity contribution in [3.63, 3.8) is 0 Å². The zero-order valence-electron chi connectivity index (χ0n) is 11.1. The van der Waals surface area contributed by atoms with E-state index in [1.807, 2.05) is 16.9 Å². The van der Waals surface area contributed by atoms with Gasteiger partial charge in [-0.25, -0.2) is 0 Å². The normalized spacial score (nSPS) is 17.1. The lowest BCUT2D eigenvalue weighted by Gasteiger charge is -2.23. The van der Waals surface area contributed by atoms with Crippen LogP contribution in [-0.2, 0) is 11.2 Å². The Morgan fingerprint density at radius 2 is 2.28 bits per heavy atom. The summed E-state index contributed by atoms with van der Waals surface area (Å²) in [6.45, 7) is 6.14. The van der Waals surface area contributed by atoms with Crippen molar-refractivity contribution >= 4 is 5.91 Å². The van der Waals surface area contributed by atoms with Gasteiger partial charge in [-0.15, -0.1) is 0 Å². The third-order valence-corrected chi connectivity index (χ3v) is 3.24. The number of hydrogen-bond donors (Lipinski definition) is 2. The van der Waals surface area contributed by atoms with E-state index in [9.17, 15) is 4.79 Å². The van der Waals surface area contributed by atoms with Gasteiger partial charge in [0.1, 0.15) is 0 Å². The van der Waals surface area contributed by atoms with Crippen molar-refractivity contribution in [2.45, 2.75) is 45.2 Å². The number of rotatable bonds is 4. The second-order valence-electron chi connectivity index (χ2n) is 5.15. The molecule has 1 saturated heterocycles. The summed E-state index contributed by atoms with van der Waals surface area (Å²) in [6, 6.07) is 2.58. The van der Waals surface area contributed by atoms with E-state index >= 15 is 0 Å². The molecule has 1 aliphatic heterocycles. The largest absolute Gasteiger partial charge is 0.353 e. The zero-order valence-corrected chi connectivity index (χ0v) is 11.1. The van der Waals surface area contributed by atoms with Crippen LogP contribution in [0.15, 0.2) is 12.3 Å². The molecule has 1 amide bonds. The maximum Gasteiger partial charge on any atom is 0.226 e. The van der Waals surface area contributed by atoms with Gasteiger partial charge in [0, 0.05) is 18.3 Å². The second kappa shape index (κ2) is 6.00. The Labute approximate surface area is 108 Å². The first-order valence-corrected chi connectivity index (χ1v) is 6.69. The average Bonchev–Trinajstić information content (AvgIpc) is 2.78. The third kappa shape index (κ3) is 3.57. The Kier molecular flexibility index (Phi) is 4.36.